The molecule has 0 saturated carbocycles. The zero-order chi connectivity index (χ0) is 5.15. The molecule has 27 valence electrons. The van der Waals surface area contributed by atoms with Gasteiger partial charge in [-0.1, -0.05) is 0 Å². The summed E-state index contributed by atoms with van der Waals surface area (Å²) in [5.74, 6) is -1.41. The average Bonchev–Trinajstić information content (AvgIpc) is 1.36. The third kappa shape index (κ3) is 92.0. The zero-order valence-corrected chi connectivity index (χ0v) is 5.35. The van der Waals surface area contributed by atoms with Gasteiger partial charge >= 0.3 is 0 Å². The zero-order valence-electron chi connectivity index (χ0n) is 4.51. The number of hydrogen-bond acceptors (Lipinski definition) is 1. The maximum absolute atomic E-state index is 9.32. The number of carboxylic acids is 1. The second-order valence-corrected chi connectivity index (χ2v) is 0.338. The van der Waals surface area contributed by atoms with Crippen LogP contribution in [0.1, 0.15) is 9.62 Å². The van der Waals surface area contributed by atoms with Gasteiger partial charge in [-0.3, -0.25) is 4.79 Å². The number of carbonyl (C=O) groups is 1. The standard InChI is InChI=1S/C2H4O2.Y/c1-2(3)4;/h1H3,(H,3,4);/i1D2;. The van der Waals surface area contributed by atoms with Gasteiger partial charge in [0.2, 0.25) is 0 Å². The van der Waals surface area contributed by atoms with E-state index in [1.54, 1.807) is 0 Å². The molecule has 0 fully saturated rings. The van der Waals surface area contributed by atoms with E-state index in [9.17, 15) is 4.79 Å². The molecule has 0 spiro atoms. The molecule has 0 aliphatic rings. The first-order chi connectivity index (χ1) is 2.64. The first-order valence-corrected chi connectivity index (χ1v) is 0.716. The van der Waals surface area contributed by atoms with Crippen LogP contribution in [0.2, 0.25) is 0 Å². The van der Waals surface area contributed by atoms with Crippen molar-refractivity contribution in [3.8, 4) is 0 Å². The van der Waals surface area contributed by atoms with Gasteiger partial charge in [-0.05, 0) is 0 Å². The van der Waals surface area contributed by atoms with Gasteiger partial charge in [-0.2, -0.15) is 0 Å². The molecular formula is C2H4O2Y. The van der Waals surface area contributed by atoms with Crippen molar-refractivity contribution in [1.29, 1.82) is 0 Å². The Morgan fingerprint density at radius 2 is 2.40 bits per heavy atom. The van der Waals surface area contributed by atoms with Crippen molar-refractivity contribution < 1.29 is 45.4 Å². The molecule has 5 heavy (non-hydrogen) atoms. The molecule has 0 aliphatic carbocycles. The summed E-state index contributed by atoms with van der Waals surface area (Å²) >= 11 is 0. The summed E-state index contributed by atoms with van der Waals surface area (Å²) in [6.07, 6.45) is 0. The molecule has 0 aromatic rings. The van der Waals surface area contributed by atoms with Gasteiger partial charge in [0.1, 0.15) is 0 Å². The Hall–Kier alpha value is 0.574. The van der Waals surface area contributed by atoms with Crippen LogP contribution < -0.4 is 0 Å². The Morgan fingerprint density at radius 3 is 2.40 bits per heavy atom. The molecule has 0 aromatic heterocycles. The smallest absolute Gasteiger partial charge is 0.300 e. The van der Waals surface area contributed by atoms with Gasteiger partial charge in [0, 0.05) is 42.3 Å². The number of carboxylic acid groups (broad SMARTS) is 1. The van der Waals surface area contributed by atoms with Crippen LogP contribution in [0.25, 0.3) is 0 Å². The number of aliphatic carboxylic acids is 1. The first-order valence-electron chi connectivity index (χ1n) is 1.87. The van der Waals surface area contributed by atoms with Crippen LogP contribution in [-0.4, -0.2) is 11.1 Å². The summed E-state index contributed by atoms with van der Waals surface area (Å²) in [4.78, 5) is 9.32. The molecule has 0 saturated heterocycles. The Balaban J connectivity index is 0. The van der Waals surface area contributed by atoms with Crippen LogP contribution in [0.3, 0.4) is 0 Å². The fourth-order valence-corrected chi connectivity index (χ4v) is 0. The molecule has 0 aromatic carbocycles. The summed E-state index contributed by atoms with van der Waals surface area (Å²) in [6.45, 7) is -1.73. The summed E-state index contributed by atoms with van der Waals surface area (Å²) in [7, 11) is 0. The first kappa shape index (κ1) is 3.75. The van der Waals surface area contributed by atoms with Crippen LogP contribution in [0.4, 0.5) is 0 Å². The van der Waals surface area contributed by atoms with Crippen LogP contribution in [0.5, 0.6) is 0 Å². The maximum atomic E-state index is 9.32. The third-order valence-electron chi connectivity index (χ3n) is 0. The number of hydrogen-bond donors (Lipinski definition) is 1. The Morgan fingerprint density at radius 1 is 2.20 bits per heavy atom. The topological polar surface area (TPSA) is 37.3 Å². The van der Waals surface area contributed by atoms with E-state index < -0.39 is 12.8 Å². The minimum Gasteiger partial charge on any atom is -0.481 e. The molecule has 0 amide bonds. The van der Waals surface area contributed by atoms with E-state index in [1.165, 1.54) is 0 Å². The molecular weight excluding hydrogens is 145 g/mol. The third-order valence-corrected chi connectivity index (χ3v) is 0. The minimum absolute atomic E-state index is 0. The molecule has 2 nitrogen and oxygen atoms in total. The Labute approximate surface area is 58.3 Å². The Kier molecular flexibility index (Phi) is 3.43. The van der Waals surface area contributed by atoms with E-state index in [1.807, 2.05) is 0 Å². The molecule has 3 heteroatoms. The van der Waals surface area contributed by atoms with Crippen LogP contribution in [-0.2, 0) is 37.5 Å². The fourth-order valence-electron chi connectivity index (χ4n) is 0. The van der Waals surface area contributed by atoms with Gasteiger partial charge in [0.05, 0.1) is 0 Å². The van der Waals surface area contributed by atoms with Gasteiger partial charge in [-0.25, -0.2) is 0 Å². The summed E-state index contributed by atoms with van der Waals surface area (Å²) in [6, 6.07) is 0. The summed E-state index contributed by atoms with van der Waals surface area (Å²) < 4.78 is 12.2. The van der Waals surface area contributed by atoms with Crippen molar-refractivity contribution in [3.63, 3.8) is 0 Å². The van der Waals surface area contributed by atoms with E-state index in [2.05, 4.69) is 0 Å². The molecule has 0 heterocycles. The van der Waals surface area contributed by atoms with Crippen molar-refractivity contribution in [3.05, 3.63) is 0 Å². The van der Waals surface area contributed by atoms with Crippen molar-refractivity contribution in [2.75, 3.05) is 0 Å². The van der Waals surface area contributed by atoms with E-state index in [0.29, 0.717) is 0 Å². The van der Waals surface area contributed by atoms with Crippen molar-refractivity contribution >= 4 is 5.97 Å². The molecule has 0 bridgehead atoms. The van der Waals surface area contributed by atoms with Gasteiger partial charge in [0.15, 0.2) is 0 Å². The van der Waals surface area contributed by atoms with Crippen molar-refractivity contribution in [2.45, 2.75) is 6.88 Å². The van der Waals surface area contributed by atoms with Crippen molar-refractivity contribution in [1.82, 2.24) is 0 Å². The number of rotatable bonds is 0. The van der Waals surface area contributed by atoms with Crippen molar-refractivity contribution in [2.24, 2.45) is 0 Å². The largest absolute Gasteiger partial charge is 0.481 e. The summed E-state index contributed by atoms with van der Waals surface area (Å²) in [5.41, 5.74) is 0. The van der Waals surface area contributed by atoms with Crippen LogP contribution >= 0.6 is 0 Å². The van der Waals surface area contributed by atoms with Gasteiger partial charge in [0.25, 0.3) is 5.97 Å². The van der Waals surface area contributed by atoms with Crippen LogP contribution in [0.15, 0.2) is 0 Å². The Bertz CT molecular complexity index is 64.7. The van der Waals surface area contributed by atoms with E-state index in [0.717, 1.165) is 0 Å². The SMILES string of the molecule is [2H]C([2H])C(=O)O.[Y]. The molecule has 0 rings (SSSR count). The quantitative estimate of drug-likeness (QED) is 0.532. The second kappa shape index (κ2) is 4.57. The molecule has 0 aliphatic heterocycles. The van der Waals surface area contributed by atoms with E-state index >= 15 is 0 Å². The normalized spacial score (nSPS) is 11.4. The molecule has 0 unspecified atom stereocenters. The molecule has 1 N–H and O–H groups in total. The maximum Gasteiger partial charge on any atom is 0.300 e. The monoisotopic (exact) mass is 151 g/mol. The van der Waals surface area contributed by atoms with Crippen LogP contribution in [0, 0.1) is 0 Å². The molecule has 0 atom stereocenters. The predicted molar refractivity (Wildman–Crippen MR) is 13.3 cm³/mol. The average molecular weight is 151 g/mol. The second-order valence-electron chi connectivity index (χ2n) is 0.338. The predicted octanol–water partition coefficient (Wildman–Crippen LogP) is 0.0884. The molecule has 1 radical (unpaired) electrons. The fraction of sp³-hybridized carbons (Fsp3) is 0.500. The van der Waals surface area contributed by atoms with Gasteiger partial charge in [-0.15, -0.1) is 0 Å². The minimum atomic E-state index is -1.73. The van der Waals surface area contributed by atoms with Gasteiger partial charge < -0.3 is 5.11 Å². The van der Waals surface area contributed by atoms with E-state index in [4.69, 9.17) is 7.85 Å². The van der Waals surface area contributed by atoms with E-state index in [-0.39, 0.29) is 32.7 Å². The summed E-state index contributed by atoms with van der Waals surface area (Å²) in [5, 5.41) is 7.62.